The van der Waals surface area contributed by atoms with Crippen molar-refractivity contribution in [2.24, 2.45) is 0 Å². The third-order valence-electron chi connectivity index (χ3n) is 5.60. The lowest BCUT2D eigenvalue weighted by atomic mass is 9.69. The minimum atomic E-state index is -4.38. The standard InChI is InChI=1S/C25H33F3/c1-8-17-24(25(26,27)28,20-13-9-18(10-14-20)22(2,3)4)21-15-11-19(12-16-21)23(5,6)7/h9-16H,8,17H2,1-7H3. The molecule has 0 saturated carbocycles. The number of benzene rings is 2. The van der Waals surface area contributed by atoms with Crippen LogP contribution in [0.25, 0.3) is 0 Å². The van der Waals surface area contributed by atoms with Gasteiger partial charge in [-0.25, -0.2) is 0 Å². The van der Waals surface area contributed by atoms with E-state index in [0.717, 1.165) is 11.1 Å². The van der Waals surface area contributed by atoms with Gasteiger partial charge in [0.1, 0.15) is 5.41 Å². The number of hydrogen-bond donors (Lipinski definition) is 0. The van der Waals surface area contributed by atoms with Gasteiger partial charge >= 0.3 is 6.18 Å². The fourth-order valence-corrected chi connectivity index (χ4v) is 3.81. The molecular weight excluding hydrogens is 357 g/mol. The van der Waals surface area contributed by atoms with Crippen molar-refractivity contribution in [1.29, 1.82) is 0 Å². The van der Waals surface area contributed by atoms with E-state index in [-0.39, 0.29) is 17.3 Å². The van der Waals surface area contributed by atoms with Gasteiger partial charge in [0.15, 0.2) is 0 Å². The van der Waals surface area contributed by atoms with Crippen LogP contribution in [0.15, 0.2) is 48.5 Å². The molecule has 0 aromatic heterocycles. The molecule has 0 atom stereocenters. The molecule has 2 rings (SSSR count). The van der Waals surface area contributed by atoms with Crippen LogP contribution < -0.4 is 0 Å². The van der Waals surface area contributed by atoms with E-state index in [1.165, 1.54) is 0 Å². The van der Waals surface area contributed by atoms with E-state index in [1.807, 2.05) is 31.2 Å². The minimum Gasteiger partial charge on any atom is -0.170 e. The number of alkyl halides is 3. The summed E-state index contributed by atoms with van der Waals surface area (Å²) in [5, 5.41) is 0. The van der Waals surface area contributed by atoms with Crippen LogP contribution in [0.3, 0.4) is 0 Å². The predicted octanol–water partition coefficient (Wildman–Crippen LogP) is 7.93. The lowest BCUT2D eigenvalue weighted by Crippen LogP contribution is -2.43. The highest BCUT2D eigenvalue weighted by Gasteiger charge is 2.56. The van der Waals surface area contributed by atoms with Crippen molar-refractivity contribution in [2.75, 3.05) is 0 Å². The monoisotopic (exact) mass is 390 g/mol. The first-order valence-electron chi connectivity index (χ1n) is 10.0. The minimum absolute atomic E-state index is 0.0280. The molecule has 0 bridgehead atoms. The zero-order valence-electron chi connectivity index (χ0n) is 18.2. The normalized spacial score (nSPS) is 13.6. The van der Waals surface area contributed by atoms with Gasteiger partial charge in [0.2, 0.25) is 0 Å². The quantitative estimate of drug-likeness (QED) is 0.497. The van der Waals surface area contributed by atoms with E-state index in [2.05, 4.69) is 41.5 Å². The van der Waals surface area contributed by atoms with E-state index < -0.39 is 11.6 Å². The fourth-order valence-electron chi connectivity index (χ4n) is 3.81. The second kappa shape index (κ2) is 7.57. The van der Waals surface area contributed by atoms with Gasteiger partial charge in [-0.15, -0.1) is 0 Å². The number of hydrogen-bond acceptors (Lipinski definition) is 0. The van der Waals surface area contributed by atoms with Gasteiger partial charge in [-0.2, -0.15) is 13.2 Å². The topological polar surface area (TPSA) is 0 Å². The van der Waals surface area contributed by atoms with Crippen LogP contribution in [0.4, 0.5) is 13.2 Å². The lowest BCUT2D eigenvalue weighted by Gasteiger charge is -2.37. The Morgan fingerprint density at radius 1 is 0.571 bits per heavy atom. The summed E-state index contributed by atoms with van der Waals surface area (Å²) < 4.78 is 43.8. The molecule has 2 aromatic rings. The first kappa shape index (κ1) is 22.5. The van der Waals surface area contributed by atoms with E-state index in [9.17, 15) is 13.2 Å². The van der Waals surface area contributed by atoms with Crippen LogP contribution in [-0.2, 0) is 16.2 Å². The van der Waals surface area contributed by atoms with Crippen molar-refractivity contribution >= 4 is 0 Å². The molecule has 0 saturated heterocycles. The molecule has 0 aliphatic carbocycles. The molecule has 28 heavy (non-hydrogen) atoms. The Hall–Kier alpha value is -1.77. The molecule has 0 unspecified atom stereocenters. The zero-order chi connectivity index (χ0) is 21.4. The van der Waals surface area contributed by atoms with Crippen LogP contribution >= 0.6 is 0 Å². The first-order chi connectivity index (χ1) is 12.7. The maximum Gasteiger partial charge on any atom is 0.402 e. The summed E-state index contributed by atoms with van der Waals surface area (Å²) in [7, 11) is 0. The van der Waals surface area contributed by atoms with Crippen LogP contribution in [-0.4, -0.2) is 6.18 Å². The highest BCUT2D eigenvalue weighted by Crippen LogP contribution is 2.50. The molecule has 0 fully saturated rings. The van der Waals surface area contributed by atoms with E-state index in [4.69, 9.17) is 0 Å². The van der Waals surface area contributed by atoms with Crippen LogP contribution in [0.1, 0.15) is 83.6 Å². The van der Waals surface area contributed by atoms with Crippen molar-refractivity contribution in [1.82, 2.24) is 0 Å². The summed E-state index contributed by atoms with van der Waals surface area (Å²) in [6.45, 7) is 14.2. The average molecular weight is 391 g/mol. The summed E-state index contributed by atoms with van der Waals surface area (Å²) >= 11 is 0. The maximum absolute atomic E-state index is 14.6. The van der Waals surface area contributed by atoms with Crippen molar-refractivity contribution in [3.8, 4) is 0 Å². The summed E-state index contributed by atoms with van der Waals surface area (Å²) in [4.78, 5) is 0. The fraction of sp³-hybridized carbons (Fsp3) is 0.520. The molecule has 0 aliphatic rings. The van der Waals surface area contributed by atoms with Crippen molar-refractivity contribution in [3.05, 3.63) is 70.8 Å². The molecular formula is C25H33F3. The van der Waals surface area contributed by atoms with Gasteiger partial charge in [0.25, 0.3) is 0 Å². The molecule has 0 spiro atoms. The highest BCUT2D eigenvalue weighted by atomic mass is 19.4. The Balaban J connectivity index is 2.67. The third-order valence-corrected chi connectivity index (χ3v) is 5.60. The average Bonchev–Trinajstić information content (AvgIpc) is 2.57. The maximum atomic E-state index is 14.6. The van der Waals surface area contributed by atoms with Gasteiger partial charge in [0.05, 0.1) is 0 Å². The Labute approximate surface area is 168 Å². The molecule has 0 N–H and O–H groups in total. The number of rotatable bonds is 4. The predicted molar refractivity (Wildman–Crippen MR) is 112 cm³/mol. The second-order valence-electron chi connectivity index (χ2n) is 9.81. The van der Waals surface area contributed by atoms with Gasteiger partial charge < -0.3 is 0 Å². The second-order valence-corrected chi connectivity index (χ2v) is 9.81. The van der Waals surface area contributed by atoms with Crippen LogP contribution in [0.5, 0.6) is 0 Å². The molecule has 3 heteroatoms. The van der Waals surface area contributed by atoms with E-state index >= 15 is 0 Å². The Morgan fingerprint density at radius 3 is 1.07 bits per heavy atom. The molecule has 0 radical (unpaired) electrons. The van der Waals surface area contributed by atoms with Gasteiger partial charge in [-0.3, -0.25) is 0 Å². The van der Waals surface area contributed by atoms with E-state index in [1.54, 1.807) is 24.3 Å². The molecule has 0 amide bonds. The van der Waals surface area contributed by atoms with Gasteiger partial charge in [0, 0.05) is 0 Å². The Bertz CT molecular complexity index is 710. The van der Waals surface area contributed by atoms with Crippen molar-refractivity contribution < 1.29 is 13.2 Å². The molecule has 154 valence electrons. The molecule has 2 aromatic carbocycles. The highest BCUT2D eigenvalue weighted by molar-refractivity contribution is 5.44. The summed E-state index contributed by atoms with van der Waals surface area (Å²) in [5.74, 6) is 0. The summed E-state index contributed by atoms with van der Waals surface area (Å²) in [6, 6.07) is 14.0. The molecule has 0 heterocycles. The largest absolute Gasteiger partial charge is 0.402 e. The molecule has 0 nitrogen and oxygen atoms in total. The van der Waals surface area contributed by atoms with Crippen LogP contribution in [0.2, 0.25) is 0 Å². The van der Waals surface area contributed by atoms with Gasteiger partial charge in [-0.05, 0) is 39.5 Å². The summed E-state index contributed by atoms with van der Waals surface area (Å²) in [6.07, 6.45) is -3.91. The SMILES string of the molecule is CCCC(c1ccc(C(C)(C)C)cc1)(c1ccc(C(C)(C)C)cc1)C(F)(F)F. The molecule has 0 aliphatic heterocycles. The zero-order valence-corrected chi connectivity index (χ0v) is 18.2. The third kappa shape index (κ3) is 4.29. The first-order valence-corrected chi connectivity index (χ1v) is 10.0. The summed E-state index contributed by atoms with van der Waals surface area (Å²) in [5.41, 5.74) is 0.515. The number of halogens is 3. The Morgan fingerprint density at radius 2 is 0.857 bits per heavy atom. The van der Waals surface area contributed by atoms with Gasteiger partial charge in [-0.1, -0.05) is 103 Å². The van der Waals surface area contributed by atoms with Crippen LogP contribution in [0, 0.1) is 0 Å². The van der Waals surface area contributed by atoms with E-state index in [0.29, 0.717) is 17.5 Å². The van der Waals surface area contributed by atoms with Crippen molar-refractivity contribution in [3.63, 3.8) is 0 Å². The Kier molecular flexibility index (Phi) is 6.09. The lowest BCUT2D eigenvalue weighted by molar-refractivity contribution is -0.180. The van der Waals surface area contributed by atoms with Crippen molar-refractivity contribution in [2.45, 2.75) is 83.7 Å². The smallest absolute Gasteiger partial charge is 0.170 e.